The molecule has 1 aliphatic heterocycles. The van der Waals surface area contributed by atoms with Crippen LogP contribution in [0, 0.1) is 0 Å². The van der Waals surface area contributed by atoms with Crippen molar-refractivity contribution in [3.8, 4) is 11.3 Å². The minimum atomic E-state index is -0.356. The molecular weight excluding hydrogens is 472 g/mol. The quantitative estimate of drug-likeness (QED) is 0.337. The number of pyridine rings is 3. The topological polar surface area (TPSA) is 97.0 Å². The van der Waals surface area contributed by atoms with E-state index in [2.05, 4.69) is 38.4 Å². The molecule has 3 N–H and O–H groups in total. The maximum atomic E-state index is 12.0. The van der Waals surface area contributed by atoms with Gasteiger partial charge < -0.3 is 16.0 Å². The van der Waals surface area contributed by atoms with E-state index in [4.69, 9.17) is 10.7 Å². The molecule has 4 aromatic rings. The molecule has 38 heavy (non-hydrogen) atoms. The highest BCUT2D eigenvalue weighted by Crippen LogP contribution is 2.36. The predicted molar refractivity (Wildman–Crippen MR) is 152 cm³/mol. The summed E-state index contributed by atoms with van der Waals surface area (Å²) in [4.78, 5) is 28.5. The summed E-state index contributed by atoms with van der Waals surface area (Å²) in [6.07, 6.45) is 13.8. The molecule has 7 nitrogen and oxygen atoms in total. The van der Waals surface area contributed by atoms with E-state index in [1.165, 1.54) is 32.1 Å². The number of carbonyl (C=O) groups is 1. The number of nitrogens with zero attached hydrogens (tertiary/aromatic N) is 4. The Balaban J connectivity index is 1.27. The Labute approximate surface area is 223 Å². The molecule has 194 valence electrons. The molecule has 7 heteroatoms. The van der Waals surface area contributed by atoms with Gasteiger partial charge in [-0.1, -0.05) is 37.5 Å². The van der Waals surface area contributed by atoms with E-state index in [-0.39, 0.29) is 5.91 Å². The van der Waals surface area contributed by atoms with Crippen LogP contribution in [0.2, 0.25) is 0 Å². The van der Waals surface area contributed by atoms with Gasteiger partial charge in [-0.25, -0.2) is 9.97 Å². The zero-order chi connectivity index (χ0) is 25.9. The molecule has 0 spiro atoms. The number of rotatable bonds is 6. The van der Waals surface area contributed by atoms with Crippen LogP contribution in [0.15, 0.2) is 67.1 Å². The monoisotopic (exact) mass is 506 g/mol. The second-order valence-electron chi connectivity index (χ2n) is 10.5. The standard InChI is InChI=1S/C31H34N6O/c32-30(38)27-9-5-4-8-25(27)21-12-16-37(17-13-21)31-26-11-14-33-20-23(26)18-28(36-31)22-10-15-34-29(19-22)35-24-6-2-1-3-7-24/h4-5,8-11,14-15,18-21,24H,1-3,6-7,12-13,16-17H2,(H2,32,38)(H,34,35). The Morgan fingerprint density at radius 1 is 0.947 bits per heavy atom. The maximum absolute atomic E-state index is 12.0. The molecule has 1 saturated heterocycles. The number of aromatic nitrogens is 3. The molecule has 4 heterocycles. The fourth-order valence-electron chi connectivity index (χ4n) is 6.07. The number of primary amides is 1. The molecule has 1 amide bonds. The van der Waals surface area contributed by atoms with E-state index in [0.29, 0.717) is 17.5 Å². The van der Waals surface area contributed by atoms with E-state index in [0.717, 1.165) is 65.2 Å². The van der Waals surface area contributed by atoms with Crippen LogP contribution in [-0.2, 0) is 0 Å². The van der Waals surface area contributed by atoms with Crippen LogP contribution >= 0.6 is 0 Å². The second kappa shape index (κ2) is 10.8. The van der Waals surface area contributed by atoms with Crippen LogP contribution in [0.1, 0.15) is 66.8 Å². The third kappa shape index (κ3) is 5.05. The van der Waals surface area contributed by atoms with Gasteiger partial charge in [-0.2, -0.15) is 0 Å². The minimum absolute atomic E-state index is 0.305. The number of nitrogens with one attached hydrogen (secondary N) is 1. The van der Waals surface area contributed by atoms with Crippen LogP contribution in [0.4, 0.5) is 11.6 Å². The van der Waals surface area contributed by atoms with Crippen LogP contribution < -0.4 is 16.0 Å². The Bertz CT molecular complexity index is 1440. The first-order valence-corrected chi connectivity index (χ1v) is 13.8. The lowest BCUT2D eigenvalue weighted by atomic mass is 9.86. The molecule has 0 radical (unpaired) electrons. The molecule has 1 aromatic carbocycles. The Hall–Kier alpha value is -4.00. The first-order valence-electron chi connectivity index (χ1n) is 13.8. The summed E-state index contributed by atoms with van der Waals surface area (Å²) in [5.41, 5.74) is 9.34. The Morgan fingerprint density at radius 3 is 2.58 bits per heavy atom. The number of fused-ring (bicyclic) bond motifs is 1. The first-order chi connectivity index (χ1) is 18.7. The van der Waals surface area contributed by atoms with Crippen LogP contribution in [0.3, 0.4) is 0 Å². The number of nitrogens with two attached hydrogens (primary N) is 1. The molecule has 0 bridgehead atoms. The van der Waals surface area contributed by atoms with Gasteiger partial charge >= 0.3 is 0 Å². The highest BCUT2D eigenvalue weighted by molar-refractivity contribution is 5.95. The highest BCUT2D eigenvalue weighted by Gasteiger charge is 2.26. The molecule has 2 fully saturated rings. The summed E-state index contributed by atoms with van der Waals surface area (Å²) >= 11 is 0. The number of carbonyl (C=O) groups excluding carboxylic acids is 1. The summed E-state index contributed by atoms with van der Waals surface area (Å²) < 4.78 is 0. The minimum Gasteiger partial charge on any atom is -0.367 e. The molecular formula is C31H34N6O. The van der Waals surface area contributed by atoms with Gasteiger partial charge in [0.1, 0.15) is 11.6 Å². The largest absolute Gasteiger partial charge is 0.367 e. The second-order valence-corrected chi connectivity index (χ2v) is 10.5. The third-order valence-electron chi connectivity index (χ3n) is 8.08. The maximum Gasteiger partial charge on any atom is 0.248 e. The van der Waals surface area contributed by atoms with Crippen molar-refractivity contribution in [3.05, 3.63) is 78.2 Å². The van der Waals surface area contributed by atoms with Gasteiger partial charge in [0.15, 0.2) is 0 Å². The fraction of sp³-hybridized carbons (Fsp3) is 0.355. The van der Waals surface area contributed by atoms with Gasteiger partial charge in [-0.3, -0.25) is 9.78 Å². The molecule has 6 rings (SSSR count). The van der Waals surface area contributed by atoms with Crippen molar-refractivity contribution in [2.24, 2.45) is 5.73 Å². The van der Waals surface area contributed by atoms with Gasteiger partial charge in [0.25, 0.3) is 0 Å². The van der Waals surface area contributed by atoms with E-state index < -0.39 is 0 Å². The summed E-state index contributed by atoms with van der Waals surface area (Å²) in [5, 5.41) is 5.83. The lowest BCUT2D eigenvalue weighted by Crippen LogP contribution is -2.34. The van der Waals surface area contributed by atoms with E-state index in [1.54, 1.807) is 0 Å². The number of hydrogen-bond acceptors (Lipinski definition) is 6. The van der Waals surface area contributed by atoms with E-state index in [1.807, 2.05) is 48.9 Å². The summed E-state index contributed by atoms with van der Waals surface area (Å²) in [7, 11) is 0. The van der Waals surface area contributed by atoms with Crippen molar-refractivity contribution in [1.29, 1.82) is 0 Å². The number of benzene rings is 1. The summed E-state index contributed by atoms with van der Waals surface area (Å²) in [6.45, 7) is 1.72. The van der Waals surface area contributed by atoms with Crippen LogP contribution in [0.25, 0.3) is 22.0 Å². The fourth-order valence-corrected chi connectivity index (χ4v) is 6.07. The van der Waals surface area contributed by atoms with Crippen LogP contribution in [0.5, 0.6) is 0 Å². The van der Waals surface area contributed by atoms with Gasteiger partial charge in [0.05, 0.1) is 5.69 Å². The lowest BCUT2D eigenvalue weighted by molar-refractivity contribution is 0.0998. The SMILES string of the molecule is NC(=O)c1ccccc1C1CCN(c2nc(-c3ccnc(NC4CCCCC4)c3)cc3cnccc23)CC1. The van der Waals surface area contributed by atoms with Crippen LogP contribution in [-0.4, -0.2) is 40.0 Å². The normalized spacial score (nSPS) is 17.0. The number of anilines is 2. The van der Waals surface area contributed by atoms with Gasteiger partial charge in [-0.15, -0.1) is 0 Å². The van der Waals surface area contributed by atoms with Gasteiger partial charge in [0.2, 0.25) is 5.91 Å². The average molecular weight is 507 g/mol. The van der Waals surface area contributed by atoms with E-state index in [9.17, 15) is 4.79 Å². The third-order valence-corrected chi connectivity index (χ3v) is 8.08. The summed E-state index contributed by atoms with van der Waals surface area (Å²) in [6, 6.07) is 16.6. The first kappa shape index (κ1) is 24.3. The highest BCUT2D eigenvalue weighted by atomic mass is 16.1. The molecule has 0 unspecified atom stereocenters. The number of piperidine rings is 1. The van der Waals surface area contributed by atoms with Crippen molar-refractivity contribution in [2.75, 3.05) is 23.3 Å². The molecule has 1 saturated carbocycles. The smallest absolute Gasteiger partial charge is 0.248 e. The number of amides is 1. The Kier molecular flexibility index (Phi) is 6.90. The molecule has 1 aliphatic carbocycles. The zero-order valence-corrected chi connectivity index (χ0v) is 21.6. The summed E-state index contributed by atoms with van der Waals surface area (Å²) in [5.74, 6) is 1.85. The van der Waals surface area contributed by atoms with E-state index >= 15 is 0 Å². The molecule has 2 aliphatic rings. The molecule has 3 aromatic heterocycles. The zero-order valence-electron chi connectivity index (χ0n) is 21.6. The van der Waals surface area contributed by atoms with Crippen molar-refractivity contribution in [1.82, 2.24) is 15.0 Å². The molecule has 0 atom stereocenters. The Morgan fingerprint density at radius 2 is 1.76 bits per heavy atom. The van der Waals surface area contributed by atoms with Crippen molar-refractivity contribution >= 4 is 28.3 Å². The number of hydrogen-bond donors (Lipinski definition) is 2. The average Bonchev–Trinajstić information content (AvgIpc) is 2.97. The van der Waals surface area contributed by atoms with Crippen molar-refractivity contribution in [3.63, 3.8) is 0 Å². The van der Waals surface area contributed by atoms with Crippen molar-refractivity contribution in [2.45, 2.75) is 56.9 Å². The van der Waals surface area contributed by atoms with Crippen molar-refractivity contribution < 1.29 is 4.79 Å². The van der Waals surface area contributed by atoms with Gasteiger partial charge in [-0.05, 0) is 67.5 Å². The predicted octanol–water partition coefficient (Wildman–Crippen LogP) is 5.92. The van der Waals surface area contributed by atoms with Gasteiger partial charge in [0, 0.05) is 59.6 Å². The lowest BCUT2D eigenvalue weighted by Gasteiger charge is -2.34.